The van der Waals surface area contributed by atoms with E-state index < -0.39 is 0 Å². The lowest BCUT2D eigenvalue weighted by molar-refractivity contribution is 0.590. The smallest absolute Gasteiger partial charge is 0.198 e. The quantitative estimate of drug-likeness (QED) is 0.180. The third-order valence-corrected chi connectivity index (χ3v) is 15.8. The fourth-order valence-corrected chi connectivity index (χ4v) is 12.4. The molecular formula is C59H49BN2OS. The number of hydrogen-bond donors (Lipinski definition) is 1. The number of benzene rings is 8. The molecule has 11 aromatic rings. The number of nitrogens with one attached hydrogen (secondary N) is 1. The Balaban J connectivity index is 1.11. The van der Waals surface area contributed by atoms with Crippen molar-refractivity contribution in [2.24, 2.45) is 0 Å². The van der Waals surface area contributed by atoms with E-state index in [2.05, 4.69) is 205 Å². The van der Waals surface area contributed by atoms with Crippen LogP contribution in [-0.2, 0) is 16.2 Å². The topological polar surface area (TPSA) is 30.1 Å². The molecule has 0 atom stereocenters. The van der Waals surface area contributed by atoms with Crippen molar-refractivity contribution in [3.05, 3.63) is 162 Å². The lowest BCUT2D eigenvalue weighted by Gasteiger charge is -2.24. The second kappa shape index (κ2) is 12.8. The first-order valence-corrected chi connectivity index (χ1v) is 23.6. The van der Waals surface area contributed by atoms with Crippen molar-refractivity contribution < 1.29 is 4.42 Å². The Labute approximate surface area is 378 Å². The summed E-state index contributed by atoms with van der Waals surface area (Å²) in [7, 11) is 0.788. The van der Waals surface area contributed by atoms with E-state index in [0.29, 0.717) is 0 Å². The molecule has 0 radical (unpaired) electrons. The molecule has 0 spiro atoms. The minimum atomic E-state index is -0.102. The predicted molar refractivity (Wildman–Crippen MR) is 277 cm³/mol. The number of thiophene rings is 1. The Morgan fingerprint density at radius 1 is 0.547 bits per heavy atom. The highest BCUT2D eigenvalue weighted by molar-refractivity contribution is 7.25. The maximum atomic E-state index is 6.59. The Morgan fingerprint density at radius 2 is 1.28 bits per heavy atom. The number of hydrogen-bond acceptors (Lipinski definition) is 3. The lowest BCUT2D eigenvalue weighted by atomic mass is 9.59. The molecule has 0 fully saturated rings. The number of anilines is 2. The van der Waals surface area contributed by atoms with Crippen LogP contribution in [0.3, 0.4) is 0 Å². The van der Waals surface area contributed by atoms with E-state index in [1.807, 2.05) is 11.3 Å². The first-order valence-electron chi connectivity index (χ1n) is 22.8. The van der Waals surface area contributed by atoms with Crippen molar-refractivity contribution in [3.63, 3.8) is 0 Å². The van der Waals surface area contributed by atoms with E-state index in [-0.39, 0.29) is 16.2 Å². The molecular weight excluding hydrogens is 796 g/mol. The summed E-state index contributed by atoms with van der Waals surface area (Å²) in [6, 6.07) is 53.1. The monoisotopic (exact) mass is 844 g/mol. The van der Waals surface area contributed by atoms with Crippen LogP contribution in [0.2, 0.25) is 0 Å². The molecule has 1 aliphatic heterocycles. The van der Waals surface area contributed by atoms with E-state index in [0.717, 1.165) is 40.6 Å². The molecule has 2 aliphatic rings. The number of rotatable bonds is 3. The van der Waals surface area contributed by atoms with Gasteiger partial charge in [0.2, 0.25) is 0 Å². The van der Waals surface area contributed by atoms with Crippen LogP contribution >= 0.6 is 11.3 Å². The Bertz CT molecular complexity index is 3830. The largest absolute Gasteiger partial charge is 0.456 e. The lowest BCUT2D eigenvalue weighted by Crippen LogP contribution is -2.37. The van der Waals surface area contributed by atoms with Crippen molar-refractivity contribution in [2.45, 2.75) is 71.6 Å². The zero-order valence-corrected chi connectivity index (χ0v) is 38.6. The molecule has 0 unspecified atom stereocenters. The van der Waals surface area contributed by atoms with Gasteiger partial charge in [0.1, 0.15) is 11.2 Å². The van der Waals surface area contributed by atoms with Gasteiger partial charge in [-0.1, -0.05) is 140 Å². The summed E-state index contributed by atoms with van der Waals surface area (Å²) in [5.74, 6) is 0. The first-order chi connectivity index (χ1) is 30.7. The molecule has 1 aliphatic carbocycles. The molecule has 5 heteroatoms. The summed E-state index contributed by atoms with van der Waals surface area (Å²) in [6.45, 7) is 18.5. The first kappa shape index (κ1) is 38.0. The fraction of sp³-hybridized carbons (Fsp3) is 0.186. The minimum absolute atomic E-state index is 0.0709. The zero-order chi connectivity index (χ0) is 43.6. The summed E-state index contributed by atoms with van der Waals surface area (Å²) in [6.07, 6.45) is 0. The number of aromatic nitrogens is 1. The van der Waals surface area contributed by atoms with Gasteiger partial charge in [0.15, 0.2) is 7.28 Å². The summed E-state index contributed by atoms with van der Waals surface area (Å²) in [5, 5.41) is 11.5. The second-order valence-corrected chi connectivity index (χ2v) is 22.2. The van der Waals surface area contributed by atoms with Crippen LogP contribution in [-0.4, -0.2) is 11.8 Å². The van der Waals surface area contributed by atoms with Crippen LogP contribution in [0, 0.1) is 0 Å². The van der Waals surface area contributed by atoms with Crippen molar-refractivity contribution in [2.75, 3.05) is 5.32 Å². The number of fused-ring (bicyclic) bond motifs is 14. The molecule has 0 saturated carbocycles. The third kappa shape index (κ3) is 5.34. The molecule has 310 valence electrons. The van der Waals surface area contributed by atoms with E-state index in [1.54, 1.807) is 0 Å². The van der Waals surface area contributed by atoms with Crippen LogP contribution in [0.25, 0.3) is 91.9 Å². The van der Waals surface area contributed by atoms with Crippen LogP contribution in [0.5, 0.6) is 0 Å². The highest BCUT2D eigenvalue weighted by Gasteiger charge is 2.37. The average Bonchev–Trinajstić information content (AvgIpc) is 3.98. The average molecular weight is 845 g/mol. The minimum Gasteiger partial charge on any atom is -0.456 e. The molecule has 4 heterocycles. The van der Waals surface area contributed by atoms with Crippen LogP contribution in [0.1, 0.15) is 77.6 Å². The molecule has 0 amide bonds. The molecule has 3 nitrogen and oxygen atoms in total. The Hall–Kier alpha value is -6.56. The Morgan fingerprint density at radius 3 is 2.09 bits per heavy atom. The molecule has 0 bridgehead atoms. The van der Waals surface area contributed by atoms with Gasteiger partial charge in [-0.15, -0.1) is 11.3 Å². The van der Waals surface area contributed by atoms with Gasteiger partial charge in [0.05, 0.1) is 5.52 Å². The van der Waals surface area contributed by atoms with E-state index in [1.165, 1.54) is 103 Å². The molecule has 3 aromatic heterocycles. The predicted octanol–water partition coefficient (Wildman–Crippen LogP) is 15.1. The standard InChI is InChI=1S/C59H49BN2OS/c1-57(2,3)32-17-20-34(21-18-32)61-48-31-54-44(37-22-19-33(58(4,5)6)25-53(37)64-54)26-41(48)38-23-24-39-42-27-46-40(35-13-9-11-15-45(35)59(46,7)8)28-49(42)62-50-29-43-36-14-10-12-16-51(36)63-52(43)30-47(50)60-55(38)56(39)62/h9-31,60-61H,1-8H3. The van der Waals surface area contributed by atoms with Crippen molar-refractivity contribution in [1.29, 1.82) is 0 Å². The number of nitrogens with zero attached hydrogens (tertiary/aromatic N) is 1. The van der Waals surface area contributed by atoms with Crippen LogP contribution in [0.4, 0.5) is 11.4 Å². The molecule has 0 saturated heterocycles. The molecule has 8 aromatic carbocycles. The second-order valence-electron chi connectivity index (χ2n) is 21.1. The van der Waals surface area contributed by atoms with Gasteiger partial charge in [-0.2, -0.15) is 0 Å². The van der Waals surface area contributed by atoms with Gasteiger partial charge in [-0.3, -0.25) is 0 Å². The zero-order valence-electron chi connectivity index (χ0n) is 37.7. The highest BCUT2D eigenvalue weighted by Crippen LogP contribution is 2.52. The van der Waals surface area contributed by atoms with Crippen molar-refractivity contribution in [1.82, 2.24) is 4.57 Å². The fourth-order valence-electron chi connectivity index (χ4n) is 11.2. The number of para-hydroxylation sites is 1. The third-order valence-electron chi connectivity index (χ3n) is 14.7. The maximum absolute atomic E-state index is 6.59. The summed E-state index contributed by atoms with van der Waals surface area (Å²) < 4.78 is 11.8. The summed E-state index contributed by atoms with van der Waals surface area (Å²) >= 11 is 1.90. The van der Waals surface area contributed by atoms with E-state index in [4.69, 9.17) is 4.42 Å². The maximum Gasteiger partial charge on any atom is 0.198 e. The van der Waals surface area contributed by atoms with Crippen molar-refractivity contribution in [3.8, 4) is 27.9 Å². The molecule has 64 heavy (non-hydrogen) atoms. The van der Waals surface area contributed by atoms with Crippen LogP contribution < -0.4 is 16.2 Å². The Kier molecular flexibility index (Phi) is 7.59. The van der Waals surface area contributed by atoms with Crippen molar-refractivity contribution >= 4 is 105 Å². The van der Waals surface area contributed by atoms with Gasteiger partial charge in [-0.05, 0) is 116 Å². The normalized spacial score (nSPS) is 14.2. The number of furan rings is 1. The van der Waals surface area contributed by atoms with Crippen LogP contribution in [0.15, 0.2) is 144 Å². The van der Waals surface area contributed by atoms with Gasteiger partial charge in [0.25, 0.3) is 0 Å². The van der Waals surface area contributed by atoms with E-state index >= 15 is 0 Å². The van der Waals surface area contributed by atoms with Gasteiger partial charge in [-0.25, -0.2) is 0 Å². The summed E-state index contributed by atoms with van der Waals surface area (Å²) in [5.41, 5.74) is 21.1. The van der Waals surface area contributed by atoms with Gasteiger partial charge >= 0.3 is 0 Å². The molecule has 1 N–H and O–H groups in total. The van der Waals surface area contributed by atoms with Gasteiger partial charge < -0.3 is 14.3 Å². The van der Waals surface area contributed by atoms with Gasteiger partial charge in [0, 0.05) is 75.3 Å². The SMILES string of the molecule is CC(C)(C)c1ccc(Nc2cc3sc4cc(C(C)(C)C)ccc4c3cc2-c2ccc3c4cc5c(cc4n4c3c2Bc2cc3oc6ccccc6c3cc2-4)-c2ccccc2C5(C)C)cc1. The molecule has 13 rings (SSSR count). The van der Waals surface area contributed by atoms with E-state index in [9.17, 15) is 0 Å². The summed E-state index contributed by atoms with van der Waals surface area (Å²) in [4.78, 5) is 0. The highest BCUT2D eigenvalue weighted by atomic mass is 32.1.